The van der Waals surface area contributed by atoms with Crippen molar-refractivity contribution in [1.82, 2.24) is 15.1 Å². The van der Waals surface area contributed by atoms with Crippen LogP contribution in [0.2, 0.25) is 0 Å². The van der Waals surface area contributed by atoms with E-state index in [1.54, 1.807) is 6.26 Å². The fourth-order valence-electron chi connectivity index (χ4n) is 3.54. The highest BCUT2D eigenvalue weighted by Gasteiger charge is 2.29. The summed E-state index contributed by atoms with van der Waals surface area (Å²) in [5.41, 5.74) is 0. The second kappa shape index (κ2) is 9.61. The standard InChI is InChI=1S/C19H31N3O3/c1-4-18(23)22-11-7-9-15(14-22)19(24)20-13-16(21(5-2)6-3)17-10-8-12-25-17/h8,10,12,15-16H,4-7,9,11,13-14H2,1-3H3,(H,20,24)/t15-,16-/m0/s1. The molecule has 0 aromatic carbocycles. The van der Waals surface area contributed by atoms with Crippen LogP contribution in [0.3, 0.4) is 0 Å². The van der Waals surface area contributed by atoms with Crippen LogP contribution >= 0.6 is 0 Å². The smallest absolute Gasteiger partial charge is 0.224 e. The van der Waals surface area contributed by atoms with Crippen molar-refractivity contribution in [3.8, 4) is 0 Å². The van der Waals surface area contributed by atoms with Crippen molar-refractivity contribution in [1.29, 1.82) is 0 Å². The molecule has 0 unspecified atom stereocenters. The maximum Gasteiger partial charge on any atom is 0.224 e. The summed E-state index contributed by atoms with van der Waals surface area (Å²) in [7, 11) is 0. The number of nitrogens with zero attached hydrogens (tertiary/aromatic N) is 2. The number of amides is 2. The number of rotatable bonds is 8. The summed E-state index contributed by atoms with van der Waals surface area (Å²) in [6.45, 7) is 9.68. The zero-order chi connectivity index (χ0) is 18.2. The Morgan fingerprint density at radius 2 is 2.12 bits per heavy atom. The topological polar surface area (TPSA) is 65.8 Å². The van der Waals surface area contributed by atoms with Crippen LogP contribution in [0.5, 0.6) is 0 Å². The van der Waals surface area contributed by atoms with Gasteiger partial charge in [-0.25, -0.2) is 0 Å². The molecule has 1 N–H and O–H groups in total. The summed E-state index contributed by atoms with van der Waals surface area (Å²) in [4.78, 5) is 28.6. The van der Waals surface area contributed by atoms with Gasteiger partial charge in [0.05, 0.1) is 18.2 Å². The lowest BCUT2D eigenvalue weighted by molar-refractivity contribution is -0.135. The van der Waals surface area contributed by atoms with E-state index in [4.69, 9.17) is 4.42 Å². The Balaban J connectivity index is 1.95. The van der Waals surface area contributed by atoms with E-state index in [9.17, 15) is 9.59 Å². The third-order valence-corrected chi connectivity index (χ3v) is 5.04. The number of carbonyl (C=O) groups excluding carboxylic acids is 2. The molecule has 1 aliphatic rings. The first-order valence-electron chi connectivity index (χ1n) is 9.43. The maximum atomic E-state index is 12.6. The van der Waals surface area contributed by atoms with Crippen LogP contribution in [0.1, 0.15) is 51.8 Å². The SMILES string of the molecule is CCC(=O)N1CCC[C@H](C(=O)NC[C@@H](c2ccco2)N(CC)CC)C1. The van der Waals surface area contributed by atoms with Crippen LogP contribution in [0.4, 0.5) is 0 Å². The van der Waals surface area contributed by atoms with Crippen LogP contribution in [-0.2, 0) is 9.59 Å². The van der Waals surface area contributed by atoms with Gasteiger partial charge in [-0.2, -0.15) is 0 Å². The lowest BCUT2D eigenvalue weighted by Crippen LogP contribution is -2.47. The van der Waals surface area contributed by atoms with Crippen molar-refractivity contribution < 1.29 is 14.0 Å². The quantitative estimate of drug-likeness (QED) is 0.783. The molecule has 1 aliphatic heterocycles. The van der Waals surface area contributed by atoms with Crippen molar-refractivity contribution in [2.45, 2.75) is 46.1 Å². The molecular formula is C19H31N3O3. The minimum atomic E-state index is -0.113. The molecule has 2 heterocycles. The fourth-order valence-corrected chi connectivity index (χ4v) is 3.54. The van der Waals surface area contributed by atoms with Crippen molar-refractivity contribution in [2.75, 3.05) is 32.7 Å². The monoisotopic (exact) mass is 349 g/mol. The van der Waals surface area contributed by atoms with Gasteiger partial charge in [0.1, 0.15) is 5.76 Å². The van der Waals surface area contributed by atoms with Gasteiger partial charge in [-0.05, 0) is 38.1 Å². The van der Waals surface area contributed by atoms with Gasteiger partial charge in [0.2, 0.25) is 11.8 Å². The summed E-state index contributed by atoms with van der Waals surface area (Å²) < 4.78 is 5.58. The zero-order valence-electron chi connectivity index (χ0n) is 15.7. The molecule has 2 amide bonds. The van der Waals surface area contributed by atoms with Gasteiger partial charge in [-0.15, -0.1) is 0 Å². The first-order valence-corrected chi connectivity index (χ1v) is 9.43. The molecule has 2 rings (SSSR count). The molecule has 6 heteroatoms. The molecule has 0 aliphatic carbocycles. The molecule has 1 fully saturated rings. The van der Waals surface area contributed by atoms with Crippen LogP contribution in [0.15, 0.2) is 22.8 Å². The van der Waals surface area contributed by atoms with Crippen LogP contribution < -0.4 is 5.32 Å². The highest BCUT2D eigenvalue weighted by molar-refractivity contribution is 5.81. The predicted molar refractivity (Wildman–Crippen MR) is 97.0 cm³/mol. The van der Waals surface area contributed by atoms with E-state index in [0.717, 1.165) is 38.2 Å². The van der Waals surface area contributed by atoms with Crippen molar-refractivity contribution in [3.05, 3.63) is 24.2 Å². The average molecular weight is 349 g/mol. The summed E-state index contributed by atoms with van der Waals surface area (Å²) in [6, 6.07) is 3.87. The minimum Gasteiger partial charge on any atom is -0.468 e. The number of carbonyl (C=O) groups is 2. The lowest BCUT2D eigenvalue weighted by atomic mass is 9.96. The van der Waals surface area contributed by atoms with Gasteiger partial charge < -0.3 is 14.6 Å². The molecule has 0 spiro atoms. The first-order chi connectivity index (χ1) is 12.1. The molecule has 25 heavy (non-hydrogen) atoms. The number of furan rings is 1. The molecule has 1 aromatic rings. The summed E-state index contributed by atoms with van der Waals surface area (Å²) in [5.74, 6) is 0.931. The molecule has 0 bridgehead atoms. The molecular weight excluding hydrogens is 318 g/mol. The molecule has 1 saturated heterocycles. The summed E-state index contributed by atoms with van der Waals surface area (Å²) in [6.07, 6.45) is 3.90. The summed E-state index contributed by atoms with van der Waals surface area (Å²) in [5, 5.41) is 3.09. The lowest BCUT2D eigenvalue weighted by Gasteiger charge is -2.33. The Bertz CT molecular complexity index is 540. The van der Waals surface area contributed by atoms with Crippen molar-refractivity contribution in [3.63, 3.8) is 0 Å². The number of likely N-dealkylation sites (N-methyl/N-ethyl adjacent to an activating group) is 1. The van der Waals surface area contributed by atoms with Crippen LogP contribution in [-0.4, -0.2) is 54.3 Å². The first kappa shape index (κ1) is 19.5. The van der Waals surface area contributed by atoms with Crippen LogP contribution in [0, 0.1) is 5.92 Å². The number of likely N-dealkylation sites (tertiary alicyclic amines) is 1. The van der Waals surface area contributed by atoms with Crippen molar-refractivity contribution >= 4 is 11.8 Å². The van der Waals surface area contributed by atoms with E-state index in [0.29, 0.717) is 19.5 Å². The summed E-state index contributed by atoms with van der Waals surface area (Å²) >= 11 is 0. The van der Waals surface area contributed by atoms with Crippen molar-refractivity contribution in [2.24, 2.45) is 5.92 Å². The third-order valence-electron chi connectivity index (χ3n) is 5.04. The van der Waals surface area contributed by atoms with Crippen LogP contribution in [0.25, 0.3) is 0 Å². The maximum absolute atomic E-state index is 12.6. The number of hydrogen-bond acceptors (Lipinski definition) is 4. The van der Waals surface area contributed by atoms with Gasteiger partial charge in [0, 0.05) is 26.1 Å². The number of nitrogens with one attached hydrogen (secondary N) is 1. The highest BCUT2D eigenvalue weighted by Crippen LogP contribution is 2.21. The van der Waals surface area contributed by atoms with E-state index >= 15 is 0 Å². The van der Waals surface area contributed by atoms with Gasteiger partial charge in [0.25, 0.3) is 0 Å². The minimum absolute atomic E-state index is 0.0333. The number of piperidine rings is 1. The van der Waals surface area contributed by atoms with Gasteiger partial charge in [0.15, 0.2) is 0 Å². The predicted octanol–water partition coefficient (Wildman–Crippen LogP) is 2.43. The molecule has 0 radical (unpaired) electrons. The highest BCUT2D eigenvalue weighted by atomic mass is 16.3. The molecule has 2 atom stereocenters. The number of hydrogen-bond donors (Lipinski definition) is 1. The normalized spacial score (nSPS) is 19.0. The van der Waals surface area contributed by atoms with E-state index in [-0.39, 0.29) is 23.8 Å². The third kappa shape index (κ3) is 5.08. The molecule has 1 aromatic heterocycles. The zero-order valence-corrected chi connectivity index (χ0v) is 15.7. The second-order valence-electron chi connectivity index (χ2n) is 6.53. The van der Waals surface area contributed by atoms with E-state index in [1.165, 1.54) is 0 Å². The van der Waals surface area contributed by atoms with Gasteiger partial charge >= 0.3 is 0 Å². The Morgan fingerprint density at radius 3 is 2.72 bits per heavy atom. The van der Waals surface area contributed by atoms with E-state index in [1.807, 2.05) is 24.0 Å². The largest absolute Gasteiger partial charge is 0.468 e. The van der Waals surface area contributed by atoms with E-state index < -0.39 is 0 Å². The Kier molecular flexibility index (Phi) is 7.50. The second-order valence-corrected chi connectivity index (χ2v) is 6.53. The Labute approximate surface area is 150 Å². The van der Waals surface area contributed by atoms with Gasteiger partial charge in [-0.1, -0.05) is 20.8 Å². The Morgan fingerprint density at radius 1 is 1.36 bits per heavy atom. The molecule has 0 saturated carbocycles. The Hall–Kier alpha value is -1.82. The van der Waals surface area contributed by atoms with E-state index in [2.05, 4.69) is 24.1 Å². The molecule has 6 nitrogen and oxygen atoms in total. The average Bonchev–Trinajstić information content (AvgIpc) is 3.18. The molecule has 140 valence electrons. The fraction of sp³-hybridized carbons (Fsp3) is 0.684. The van der Waals surface area contributed by atoms with Gasteiger partial charge in [-0.3, -0.25) is 14.5 Å².